The number of hydrogen-bond donors (Lipinski definition) is 1. The van der Waals surface area contributed by atoms with Gasteiger partial charge < -0.3 is 9.64 Å². The van der Waals surface area contributed by atoms with Crippen molar-refractivity contribution in [3.05, 3.63) is 57.9 Å². The molecule has 0 spiro atoms. The third-order valence-corrected chi connectivity index (χ3v) is 4.17. The Hall–Kier alpha value is -2.77. The zero-order valence-electron chi connectivity index (χ0n) is 12.8. The van der Waals surface area contributed by atoms with E-state index < -0.39 is 29.4 Å². The van der Waals surface area contributed by atoms with Crippen molar-refractivity contribution in [3.8, 4) is 0 Å². The molecule has 1 N–H and O–H groups in total. The number of nitrogens with one attached hydrogen (secondary N) is 1. The molecule has 0 aliphatic carbocycles. The highest BCUT2D eigenvalue weighted by Crippen LogP contribution is 2.36. The van der Waals surface area contributed by atoms with Crippen molar-refractivity contribution in [1.82, 2.24) is 10.2 Å². The van der Waals surface area contributed by atoms with Gasteiger partial charge in [0, 0.05) is 31.1 Å². The minimum absolute atomic E-state index is 0.249. The largest absolute Gasteiger partial charge is 0.469 e. The van der Waals surface area contributed by atoms with Crippen molar-refractivity contribution in [2.45, 2.75) is 5.92 Å². The summed E-state index contributed by atoms with van der Waals surface area (Å²) >= 11 is 0. The van der Waals surface area contributed by atoms with Gasteiger partial charge in [-0.1, -0.05) is 6.07 Å². The van der Waals surface area contributed by atoms with Crippen molar-refractivity contribution in [1.29, 1.82) is 0 Å². The molecule has 1 aromatic heterocycles. The molecule has 1 saturated heterocycles. The molecule has 2 atom stereocenters. The number of benzene rings is 1. The summed E-state index contributed by atoms with van der Waals surface area (Å²) in [5, 5.41) is 6.25. The van der Waals surface area contributed by atoms with Crippen molar-refractivity contribution in [2.75, 3.05) is 25.1 Å². The Bertz CT molecular complexity index is 804. The first-order valence-electron chi connectivity index (χ1n) is 7.33. The molecule has 2 heterocycles. The first kappa shape index (κ1) is 16.1. The van der Waals surface area contributed by atoms with Gasteiger partial charge in [-0.2, -0.15) is 5.10 Å². The predicted octanol–water partition coefficient (Wildman–Crippen LogP) is 1.44. The van der Waals surface area contributed by atoms with Crippen LogP contribution in [0.25, 0.3) is 0 Å². The first-order chi connectivity index (χ1) is 11.5. The van der Waals surface area contributed by atoms with Gasteiger partial charge in [-0.05, 0) is 17.7 Å². The lowest BCUT2D eigenvalue weighted by Gasteiger charge is -2.17. The fourth-order valence-corrected chi connectivity index (χ4v) is 3.01. The van der Waals surface area contributed by atoms with Crippen LogP contribution in [0.1, 0.15) is 11.5 Å². The number of hydrogen-bond acceptors (Lipinski definition) is 5. The third-order valence-electron chi connectivity index (χ3n) is 4.17. The molecular weight excluding hydrogens is 320 g/mol. The zero-order chi connectivity index (χ0) is 17.3. The number of halogens is 2. The monoisotopic (exact) mass is 335 g/mol. The summed E-state index contributed by atoms with van der Waals surface area (Å²) in [5.74, 6) is -2.52. The Morgan fingerprint density at radius 1 is 1.29 bits per heavy atom. The summed E-state index contributed by atoms with van der Waals surface area (Å²) in [6.07, 6.45) is 0. The molecule has 1 fully saturated rings. The Morgan fingerprint density at radius 3 is 2.71 bits per heavy atom. The molecule has 0 saturated carbocycles. The Morgan fingerprint density at radius 2 is 2.08 bits per heavy atom. The third kappa shape index (κ3) is 2.99. The molecule has 2 aromatic rings. The number of H-pyrrole nitrogens is 1. The van der Waals surface area contributed by atoms with E-state index in [4.69, 9.17) is 4.74 Å². The van der Waals surface area contributed by atoms with Gasteiger partial charge >= 0.3 is 5.97 Å². The highest BCUT2D eigenvalue weighted by atomic mass is 19.1. The lowest BCUT2D eigenvalue weighted by molar-refractivity contribution is -0.145. The van der Waals surface area contributed by atoms with E-state index in [2.05, 4.69) is 10.2 Å². The van der Waals surface area contributed by atoms with Gasteiger partial charge in [-0.25, -0.2) is 13.9 Å². The first-order valence-corrected chi connectivity index (χ1v) is 7.33. The second-order valence-electron chi connectivity index (χ2n) is 5.59. The number of carbonyl (C=O) groups excluding carboxylic acids is 1. The van der Waals surface area contributed by atoms with Crippen LogP contribution in [0.2, 0.25) is 0 Å². The number of aromatic nitrogens is 2. The quantitative estimate of drug-likeness (QED) is 0.859. The summed E-state index contributed by atoms with van der Waals surface area (Å²) in [7, 11) is 1.27. The maximum absolute atomic E-state index is 14.2. The van der Waals surface area contributed by atoms with Gasteiger partial charge in [0.25, 0.3) is 5.56 Å². The average molecular weight is 335 g/mol. The van der Waals surface area contributed by atoms with Crippen LogP contribution in [0, 0.1) is 17.6 Å². The number of rotatable bonds is 3. The molecule has 24 heavy (non-hydrogen) atoms. The summed E-state index contributed by atoms with van der Waals surface area (Å²) in [6, 6.07) is 6.14. The number of anilines is 1. The lowest BCUT2D eigenvalue weighted by Crippen LogP contribution is -2.25. The molecule has 126 valence electrons. The maximum atomic E-state index is 14.2. The molecule has 0 bridgehead atoms. The minimum Gasteiger partial charge on any atom is -0.469 e. The number of esters is 1. The van der Waals surface area contributed by atoms with Crippen LogP contribution in [0.5, 0.6) is 0 Å². The molecule has 8 heteroatoms. The van der Waals surface area contributed by atoms with E-state index in [0.29, 0.717) is 12.4 Å². The minimum atomic E-state index is -0.704. The standard InChI is InChI=1S/C16H15F2N3O3/c1-24-16(23)12-8-21(14-4-5-15(22)20-19-14)7-11(12)10-3-2-9(17)6-13(10)18/h2-6,11-12H,7-8H2,1H3,(H,20,22)/t11-,12+/m0/s1. The number of aromatic amines is 1. The van der Waals surface area contributed by atoms with Crippen molar-refractivity contribution < 1.29 is 18.3 Å². The second-order valence-corrected chi connectivity index (χ2v) is 5.59. The van der Waals surface area contributed by atoms with E-state index in [0.717, 1.165) is 12.1 Å². The molecule has 1 aromatic carbocycles. The summed E-state index contributed by atoms with van der Waals surface area (Å²) in [6.45, 7) is 0.550. The predicted molar refractivity (Wildman–Crippen MR) is 81.7 cm³/mol. The van der Waals surface area contributed by atoms with Crippen LogP contribution in [0.15, 0.2) is 35.1 Å². The van der Waals surface area contributed by atoms with Crippen LogP contribution >= 0.6 is 0 Å². The SMILES string of the molecule is COC(=O)[C@@H]1CN(c2ccc(=O)[nH]n2)C[C@H]1c1ccc(F)cc1F. The summed E-state index contributed by atoms with van der Waals surface area (Å²) in [5.41, 5.74) is -0.0951. The van der Waals surface area contributed by atoms with E-state index in [1.165, 1.54) is 25.3 Å². The van der Waals surface area contributed by atoms with Crippen LogP contribution in [0.4, 0.5) is 14.6 Å². The Balaban J connectivity index is 1.95. The van der Waals surface area contributed by atoms with Gasteiger partial charge in [0.1, 0.15) is 17.5 Å². The molecule has 0 unspecified atom stereocenters. The van der Waals surface area contributed by atoms with Gasteiger partial charge in [0.15, 0.2) is 0 Å². The van der Waals surface area contributed by atoms with E-state index in [1.807, 2.05) is 0 Å². The van der Waals surface area contributed by atoms with E-state index in [1.54, 1.807) is 4.90 Å². The number of carbonyl (C=O) groups is 1. The fourth-order valence-electron chi connectivity index (χ4n) is 3.01. The number of methoxy groups -OCH3 is 1. The maximum Gasteiger partial charge on any atom is 0.311 e. The number of ether oxygens (including phenoxy) is 1. The van der Waals surface area contributed by atoms with Gasteiger partial charge in [0.05, 0.1) is 13.0 Å². The van der Waals surface area contributed by atoms with Crippen LogP contribution in [-0.2, 0) is 9.53 Å². The molecule has 3 rings (SSSR count). The molecule has 1 aliphatic heterocycles. The van der Waals surface area contributed by atoms with Crippen LogP contribution < -0.4 is 10.5 Å². The summed E-state index contributed by atoms with van der Waals surface area (Å²) < 4.78 is 32.1. The van der Waals surface area contributed by atoms with E-state index in [9.17, 15) is 18.4 Å². The molecule has 1 aliphatic rings. The molecular formula is C16H15F2N3O3. The lowest BCUT2D eigenvalue weighted by atomic mass is 9.88. The summed E-state index contributed by atoms with van der Waals surface area (Å²) in [4.78, 5) is 25.0. The molecule has 0 radical (unpaired) electrons. The highest BCUT2D eigenvalue weighted by Gasteiger charge is 2.41. The Kier molecular flexibility index (Phi) is 4.28. The normalized spacial score (nSPS) is 20.2. The van der Waals surface area contributed by atoms with Crippen molar-refractivity contribution in [2.24, 2.45) is 5.92 Å². The average Bonchev–Trinajstić information content (AvgIpc) is 2.99. The Labute approximate surface area is 136 Å². The topological polar surface area (TPSA) is 75.3 Å². The van der Waals surface area contributed by atoms with E-state index in [-0.39, 0.29) is 17.7 Å². The van der Waals surface area contributed by atoms with Crippen LogP contribution in [-0.4, -0.2) is 36.4 Å². The zero-order valence-corrected chi connectivity index (χ0v) is 12.8. The fraction of sp³-hybridized carbons (Fsp3) is 0.312. The van der Waals surface area contributed by atoms with Crippen LogP contribution in [0.3, 0.4) is 0 Å². The van der Waals surface area contributed by atoms with E-state index >= 15 is 0 Å². The second kappa shape index (κ2) is 6.38. The molecule has 0 amide bonds. The highest BCUT2D eigenvalue weighted by molar-refractivity contribution is 5.75. The molecule has 6 nitrogen and oxygen atoms in total. The smallest absolute Gasteiger partial charge is 0.311 e. The van der Waals surface area contributed by atoms with Crippen molar-refractivity contribution >= 4 is 11.8 Å². The van der Waals surface area contributed by atoms with Crippen molar-refractivity contribution in [3.63, 3.8) is 0 Å². The number of nitrogens with zero attached hydrogens (tertiary/aromatic N) is 2. The van der Waals surface area contributed by atoms with Gasteiger partial charge in [0.2, 0.25) is 0 Å². The van der Waals surface area contributed by atoms with Gasteiger partial charge in [-0.3, -0.25) is 9.59 Å². The van der Waals surface area contributed by atoms with Gasteiger partial charge in [-0.15, -0.1) is 0 Å².